The maximum absolute atomic E-state index is 13.3. The van der Waals surface area contributed by atoms with Gasteiger partial charge in [-0.05, 0) is 48.9 Å². The summed E-state index contributed by atoms with van der Waals surface area (Å²) in [6.45, 7) is 2.69. The summed E-state index contributed by atoms with van der Waals surface area (Å²) in [4.78, 5) is 4.15. The fraction of sp³-hybridized carbons (Fsp3) is 0.214. The van der Waals surface area contributed by atoms with Crippen molar-refractivity contribution in [3.63, 3.8) is 0 Å². The van der Waals surface area contributed by atoms with Crippen LogP contribution in [-0.4, -0.2) is 12.0 Å². The van der Waals surface area contributed by atoms with Gasteiger partial charge in [-0.15, -0.1) is 0 Å². The lowest BCUT2D eigenvalue weighted by Gasteiger charge is -2.10. The number of nitrogens with zero attached hydrogens (tertiary/aromatic N) is 1. The lowest BCUT2D eigenvalue weighted by atomic mass is 10.00. The van der Waals surface area contributed by atoms with E-state index in [9.17, 15) is 4.39 Å². The summed E-state index contributed by atoms with van der Waals surface area (Å²) in [6, 6.07) is 6.87. The number of hydrogen-bond acceptors (Lipinski definition) is 2. The third-order valence-corrected chi connectivity index (χ3v) is 2.63. The highest BCUT2D eigenvalue weighted by molar-refractivity contribution is 5.67. The molecule has 2 rings (SSSR count). The maximum Gasteiger partial charge on any atom is 0.123 e. The van der Waals surface area contributed by atoms with E-state index in [1.165, 1.54) is 6.07 Å². The molecule has 17 heavy (non-hydrogen) atoms. The molecule has 0 atom stereocenters. The molecule has 0 spiro atoms. The first-order chi connectivity index (χ1) is 8.20. The Hall–Kier alpha value is -1.74. The number of aryl methyl sites for hydroxylation is 1. The summed E-state index contributed by atoms with van der Waals surface area (Å²) >= 11 is 0. The number of aromatic nitrogens is 1. The molecule has 3 heteroatoms. The molecule has 0 bridgehead atoms. The van der Waals surface area contributed by atoms with Crippen molar-refractivity contribution < 1.29 is 4.39 Å². The van der Waals surface area contributed by atoms with Gasteiger partial charge >= 0.3 is 0 Å². The van der Waals surface area contributed by atoms with Gasteiger partial charge in [0, 0.05) is 24.5 Å². The van der Waals surface area contributed by atoms with Gasteiger partial charge in [0.2, 0.25) is 0 Å². The van der Waals surface area contributed by atoms with Gasteiger partial charge in [-0.2, -0.15) is 0 Å². The van der Waals surface area contributed by atoms with Crippen LogP contribution in [0.5, 0.6) is 0 Å². The van der Waals surface area contributed by atoms with E-state index >= 15 is 0 Å². The molecule has 0 saturated heterocycles. The Morgan fingerprint density at radius 1 is 1.24 bits per heavy atom. The van der Waals surface area contributed by atoms with Gasteiger partial charge in [-0.3, -0.25) is 4.98 Å². The van der Waals surface area contributed by atoms with E-state index in [1.54, 1.807) is 18.5 Å². The van der Waals surface area contributed by atoms with Crippen molar-refractivity contribution in [1.29, 1.82) is 0 Å². The minimum absolute atomic E-state index is 0.221. The average Bonchev–Trinajstić information content (AvgIpc) is 2.32. The molecule has 2 aromatic rings. The van der Waals surface area contributed by atoms with Gasteiger partial charge in [-0.1, -0.05) is 6.07 Å². The molecule has 0 radical (unpaired) electrons. The van der Waals surface area contributed by atoms with Crippen LogP contribution in [0.4, 0.5) is 4.39 Å². The Bertz CT molecular complexity index is 523. The summed E-state index contributed by atoms with van der Waals surface area (Å²) in [5.41, 5.74) is 3.99. The molecule has 2 nitrogen and oxygen atoms in total. The fourth-order valence-electron chi connectivity index (χ4n) is 1.86. The average molecular weight is 230 g/mol. The minimum atomic E-state index is -0.221. The normalized spacial score (nSPS) is 10.5. The van der Waals surface area contributed by atoms with E-state index in [2.05, 4.69) is 10.3 Å². The summed E-state index contributed by atoms with van der Waals surface area (Å²) < 4.78 is 13.3. The smallest absolute Gasteiger partial charge is 0.123 e. The zero-order chi connectivity index (χ0) is 12.3. The van der Waals surface area contributed by atoms with Crippen LogP contribution in [0, 0.1) is 12.7 Å². The van der Waals surface area contributed by atoms with Gasteiger partial charge in [0.1, 0.15) is 5.82 Å². The summed E-state index contributed by atoms with van der Waals surface area (Å²) in [7, 11) is 1.88. The molecule has 88 valence electrons. The van der Waals surface area contributed by atoms with Crippen molar-refractivity contribution in [2.45, 2.75) is 13.5 Å². The quantitative estimate of drug-likeness (QED) is 0.877. The molecule has 1 aromatic carbocycles. The molecule has 1 heterocycles. The number of rotatable bonds is 3. The molecule has 0 saturated carbocycles. The Morgan fingerprint density at radius 2 is 2.06 bits per heavy atom. The SMILES string of the molecule is CNCc1ccc(F)cc1-c1cncc(C)c1. The molecule has 0 unspecified atom stereocenters. The standard InChI is InChI=1S/C14H15FN2/c1-10-5-12(9-17-7-10)14-6-13(15)4-3-11(14)8-16-2/h3-7,9,16H,8H2,1-2H3. The van der Waals surface area contributed by atoms with Crippen LogP contribution in [0.3, 0.4) is 0 Å². The van der Waals surface area contributed by atoms with Crippen molar-refractivity contribution in [2.24, 2.45) is 0 Å². The summed E-state index contributed by atoms with van der Waals surface area (Å²) in [6.07, 6.45) is 3.56. The Kier molecular flexibility index (Phi) is 3.49. The summed E-state index contributed by atoms with van der Waals surface area (Å²) in [5, 5.41) is 3.09. The van der Waals surface area contributed by atoms with Crippen molar-refractivity contribution in [1.82, 2.24) is 10.3 Å². The minimum Gasteiger partial charge on any atom is -0.316 e. The number of hydrogen-bond donors (Lipinski definition) is 1. The monoisotopic (exact) mass is 230 g/mol. The first-order valence-electron chi connectivity index (χ1n) is 5.56. The van der Waals surface area contributed by atoms with Crippen LogP contribution in [0.15, 0.2) is 36.7 Å². The highest BCUT2D eigenvalue weighted by Gasteiger charge is 2.06. The number of nitrogens with one attached hydrogen (secondary N) is 1. The van der Waals surface area contributed by atoms with Gasteiger partial charge in [0.25, 0.3) is 0 Å². The molecule has 0 fully saturated rings. The van der Waals surface area contributed by atoms with Gasteiger partial charge < -0.3 is 5.32 Å². The van der Waals surface area contributed by atoms with Crippen molar-refractivity contribution >= 4 is 0 Å². The predicted octanol–water partition coefficient (Wildman–Crippen LogP) is 2.92. The highest BCUT2D eigenvalue weighted by Crippen LogP contribution is 2.24. The second kappa shape index (κ2) is 5.06. The van der Waals surface area contributed by atoms with Crippen LogP contribution in [-0.2, 0) is 6.54 Å². The fourth-order valence-corrected chi connectivity index (χ4v) is 1.86. The molecule has 0 aliphatic heterocycles. The third kappa shape index (κ3) is 2.68. The van der Waals surface area contributed by atoms with E-state index in [4.69, 9.17) is 0 Å². The molecule has 0 aliphatic rings. The lowest BCUT2D eigenvalue weighted by Crippen LogP contribution is -2.06. The van der Waals surface area contributed by atoms with E-state index in [0.29, 0.717) is 6.54 Å². The first-order valence-corrected chi connectivity index (χ1v) is 5.56. The molecular weight excluding hydrogens is 215 g/mol. The largest absolute Gasteiger partial charge is 0.316 e. The Balaban J connectivity index is 2.52. The second-order valence-corrected chi connectivity index (χ2v) is 4.08. The number of halogens is 1. The molecule has 0 aliphatic carbocycles. The van der Waals surface area contributed by atoms with E-state index in [1.807, 2.05) is 26.1 Å². The Labute approximate surface area is 101 Å². The molecule has 1 N–H and O–H groups in total. The van der Waals surface area contributed by atoms with Crippen LogP contribution in [0.25, 0.3) is 11.1 Å². The van der Waals surface area contributed by atoms with Gasteiger partial charge in [0.15, 0.2) is 0 Å². The Morgan fingerprint density at radius 3 is 2.76 bits per heavy atom. The lowest BCUT2D eigenvalue weighted by molar-refractivity contribution is 0.627. The van der Waals surface area contributed by atoms with E-state index in [0.717, 1.165) is 22.3 Å². The van der Waals surface area contributed by atoms with Crippen LogP contribution >= 0.6 is 0 Å². The maximum atomic E-state index is 13.3. The molecule has 0 amide bonds. The first kappa shape index (κ1) is 11.7. The van der Waals surface area contributed by atoms with Crippen molar-refractivity contribution in [3.8, 4) is 11.1 Å². The zero-order valence-electron chi connectivity index (χ0n) is 10.00. The van der Waals surface area contributed by atoms with Crippen LogP contribution in [0.1, 0.15) is 11.1 Å². The van der Waals surface area contributed by atoms with E-state index in [-0.39, 0.29) is 5.82 Å². The summed E-state index contributed by atoms with van der Waals surface area (Å²) in [5.74, 6) is -0.221. The number of pyridine rings is 1. The molecular formula is C14H15FN2. The van der Waals surface area contributed by atoms with Crippen LogP contribution < -0.4 is 5.32 Å². The van der Waals surface area contributed by atoms with Gasteiger partial charge in [-0.25, -0.2) is 4.39 Å². The highest BCUT2D eigenvalue weighted by atomic mass is 19.1. The van der Waals surface area contributed by atoms with E-state index < -0.39 is 0 Å². The third-order valence-electron chi connectivity index (χ3n) is 2.63. The van der Waals surface area contributed by atoms with Gasteiger partial charge in [0.05, 0.1) is 0 Å². The van der Waals surface area contributed by atoms with Crippen LogP contribution in [0.2, 0.25) is 0 Å². The topological polar surface area (TPSA) is 24.9 Å². The predicted molar refractivity (Wildman–Crippen MR) is 67.1 cm³/mol. The van der Waals surface area contributed by atoms with Crippen molar-refractivity contribution in [2.75, 3.05) is 7.05 Å². The zero-order valence-corrected chi connectivity index (χ0v) is 10.00. The van der Waals surface area contributed by atoms with Crippen molar-refractivity contribution in [3.05, 3.63) is 53.6 Å². The number of benzene rings is 1. The molecule has 1 aromatic heterocycles. The second-order valence-electron chi connectivity index (χ2n) is 4.08.